The number of hydrogen-bond donors (Lipinski definition) is 1. The van der Waals surface area contributed by atoms with E-state index in [0.29, 0.717) is 6.04 Å². The molecule has 1 unspecified atom stereocenters. The molecule has 2 amide bonds. The van der Waals surface area contributed by atoms with Crippen molar-refractivity contribution in [3.63, 3.8) is 0 Å². The maximum absolute atomic E-state index is 11.4. The summed E-state index contributed by atoms with van der Waals surface area (Å²) in [5.41, 5.74) is -0.809. The first-order chi connectivity index (χ1) is 7.54. The summed E-state index contributed by atoms with van der Waals surface area (Å²) in [7, 11) is 0. The molecule has 0 aromatic heterocycles. The molecule has 2 aliphatic rings. The first kappa shape index (κ1) is 11.1. The van der Waals surface area contributed by atoms with Gasteiger partial charge in [0.25, 0.3) is 0 Å². The van der Waals surface area contributed by atoms with Gasteiger partial charge >= 0.3 is 0 Å². The van der Waals surface area contributed by atoms with Gasteiger partial charge in [0, 0.05) is 18.9 Å². The van der Waals surface area contributed by atoms with Crippen LogP contribution in [0.2, 0.25) is 0 Å². The molecule has 0 radical (unpaired) electrons. The molecule has 1 atom stereocenters. The highest BCUT2D eigenvalue weighted by Gasteiger charge is 2.39. The molecule has 2 fully saturated rings. The first-order valence-corrected chi connectivity index (χ1v) is 5.56. The number of rotatable bonds is 4. The zero-order chi connectivity index (χ0) is 11.8. The van der Waals surface area contributed by atoms with E-state index >= 15 is 0 Å². The number of hydrogen-bond acceptors (Lipinski definition) is 4. The zero-order valence-electron chi connectivity index (χ0n) is 9.32. The number of likely N-dealkylation sites (tertiary alicyclic amines) is 1. The van der Waals surface area contributed by atoms with E-state index in [4.69, 9.17) is 5.26 Å². The largest absolute Gasteiger partial charge is 0.295 e. The third-order valence-corrected chi connectivity index (χ3v) is 2.98. The number of carbonyl (C=O) groups excluding carboxylic acids is 2. The summed E-state index contributed by atoms with van der Waals surface area (Å²) < 4.78 is 0. The van der Waals surface area contributed by atoms with Crippen LogP contribution >= 0.6 is 0 Å². The molecule has 0 aromatic carbocycles. The van der Waals surface area contributed by atoms with Crippen molar-refractivity contribution in [3.8, 4) is 6.07 Å². The lowest BCUT2D eigenvalue weighted by Gasteiger charge is -2.27. The molecule has 5 heteroatoms. The van der Waals surface area contributed by atoms with Crippen LogP contribution in [0.25, 0.3) is 0 Å². The van der Waals surface area contributed by atoms with Crippen LogP contribution in [0, 0.1) is 11.3 Å². The molecule has 0 aromatic rings. The predicted molar refractivity (Wildman–Crippen MR) is 56.1 cm³/mol. The van der Waals surface area contributed by atoms with Gasteiger partial charge in [-0.2, -0.15) is 5.26 Å². The SMILES string of the molecule is CC(C#N)(CN1C(=O)CCC1=O)NC1CC1. The molecule has 86 valence electrons. The lowest BCUT2D eigenvalue weighted by molar-refractivity contribution is -0.139. The quantitative estimate of drug-likeness (QED) is 0.687. The Hall–Kier alpha value is -1.41. The number of carbonyl (C=O) groups is 2. The fraction of sp³-hybridized carbons (Fsp3) is 0.727. The van der Waals surface area contributed by atoms with Gasteiger partial charge in [-0.15, -0.1) is 0 Å². The summed E-state index contributed by atoms with van der Waals surface area (Å²) in [6, 6.07) is 2.53. The summed E-state index contributed by atoms with van der Waals surface area (Å²) in [6.45, 7) is 1.90. The second-order valence-electron chi connectivity index (χ2n) is 4.74. The molecule has 2 rings (SSSR count). The van der Waals surface area contributed by atoms with E-state index in [2.05, 4.69) is 11.4 Å². The van der Waals surface area contributed by atoms with Gasteiger partial charge in [0.05, 0.1) is 12.6 Å². The van der Waals surface area contributed by atoms with Crippen molar-refractivity contribution in [1.29, 1.82) is 5.26 Å². The Morgan fingerprint density at radius 2 is 2.00 bits per heavy atom. The lowest BCUT2D eigenvalue weighted by atomic mass is 10.0. The van der Waals surface area contributed by atoms with Crippen LogP contribution < -0.4 is 5.32 Å². The second-order valence-corrected chi connectivity index (χ2v) is 4.74. The highest BCUT2D eigenvalue weighted by Crippen LogP contribution is 2.24. The molecule has 16 heavy (non-hydrogen) atoms. The van der Waals surface area contributed by atoms with Crippen LogP contribution in [0.4, 0.5) is 0 Å². The number of amides is 2. The van der Waals surface area contributed by atoms with Crippen LogP contribution in [0.5, 0.6) is 0 Å². The molecule has 1 N–H and O–H groups in total. The molecule has 5 nitrogen and oxygen atoms in total. The molecular formula is C11H15N3O2. The topological polar surface area (TPSA) is 73.2 Å². The summed E-state index contributed by atoms with van der Waals surface area (Å²) in [6.07, 6.45) is 2.70. The average molecular weight is 221 g/mol. The lowest BCUT2D eigenvalue weighted by Crippen LogP contribution is -2.52. The van der Waals surface area contributed by atoms with Crippen molar-refractivity contribution in [2.45, 2.75) is 44.2 Å². The van der Waals surface area contributed by atoms with E-state index < -0.39 is 5.54 Å². The van der Waals surface area contributed by atoms with E-state index in [1.54, 1.807) is 6.92 Å². The second kappa shape index (κ2) is 3.87. The maximum Gasteiger partial charge on any atom is 0.229 e. The van der Waals surface area contributed by atoms with Gasteiger partial charge in [-0.1, -0.05) is 0 Å². The maximum atomic E-state index is 11.4. The van der Waals surface area contributed by atoms with Gasteiger partial charge in [-0.25, -0.2) is 0 Å². The summed E-state index contributed by atoms with van der Waals surface area (Å²) in [4.78, 5) is 24.1. The Bertz CT molecular complexity index is 354. The Balaban J connectivity index is 2.02. The Labute approximate surface area is 94.4 Å². The smallest absolute Gasteiger partial charge is 0.229 e. The van der Waals surface area contributed by atoms with Gasteiger partial charge in [0.15, 0.2) is 0 Å². The third-order valence-electron chi connectivity index (χ3n) is 2.98. The fourth-order valence-corrected chi connectivity index (χ4v) is 1.91. The molecular weight excluding hydrogens is 206 g/mol. The van der Waals surface area contributed by atoms with E-state index in [0.717, 1.165) is 12.8 Å². The van der Waals surface area contributed by atoms with Crippen molar-refractivity contribution in [2.24, 2.45) is 0 Å². The highest BCUT2D eigenvalue weighted by atomic mass is 16.2. The molecule has 0 bridgehead atoms. The van der Waals surface area contributed by atoms with Gasteiger partial charge in [-0.05, 0) is 19.8 Å². The number of imide groups is 1. The minimum absolute atomic E-state index is 0.163. The van der Waals surface area contributed by atoms with Crippen LogP contribution in [-0.2, 0) is 9.59 Å². The van der Waals surface area contributed by atoms with Crippen molar-refractivity contribution in [2.75, 3.05) is 6.54 Å². The summed E-state index contributed by atoms with van der Waals surface area (Å²) in [5.74, 6) is -0.326. The van der Waals surface area contributed by atoms with E-state index in [9.17, 15) is 9.59 Å². The normalized spacial score (nSPS) is 24.4. The van der Waals surface area contributed by atoms with Gasteiger partial charge in [0.1, 0.15) is 5.54 Å². The molecule has 1 aliphatic heterocycles. The summed E-state index contributed by atoms with van der Waals surface area (Å²) in [5, 5.41) is 12.3. The van der Waals surface area contributed by atoms with Crippen molar-refractivity contribution in [1.82, 2.24) is 10.2 Å². The molecule has 1 saturated heterocycles. The third kappa shape index (κ3) is 2.22. The number of nitrogens with one attached hydrogen (secondary N) is 1. The Kier molecular flexibility index (Phi) is 2.68. The predicted octanol–water partition coefficient (Wildman–Crippen LogP) is 0.170. The minimum atomic E-state index is -0.809. The van der Waals surface area contributed by atoms with E-state index in [1.807, 2.05) is 0 Å². The molecule has 1 aliphatic carbocycles. The number of nitriles is 1. The average Bonchev–Trinajstić information content (AvgIpc) is 3.00. The van der Waals surface area contributed by atoms with Crippen LogP contribution in [-0.4, -0.2) is 34.8 Å². The van der Waals surface area contributed by atoms with E-state index in [-0.39, 0.29) is 31.2 Å². The monoisotopic (exact) mass is 221 g/mol. The zero-order valence-corrected chi connectivity index (χ0v) is 9.32. The number of nitrogens with zero attached hydrogens (tertiary/aromatic N) is 2. The van der Waals surface area contributed by atoms with Crippen LogP contribution in [0.3, 0.4) is 0 Å². The molecule has 1 heterocycles. The van der Waals surface area contributed by atoms with E-state index in [1.165, 1.54) is 4.90 Å². The first-order valence-electron chi connectivity index (χ1n) is 5.56. The van der Waals surface area contributed by atoms with Gasteiger partial charge in [-0.3, -0.25) is 19.8 Å². The Morgan fingerprint density at radius 3 is 2.44 bits per heavy atom. The highest BCUT2D eigenvalue weighted by molar-refractivity contribution is 6.02. The van der Waals surface area contributed by atoms with Crippen molar-refractivity contribution < 1.29 is 9.59 Å². The van der Waals surface area contributed by atoms with Crippen LogP contribution in [0.1, 0.15) is 32.6 Å². The van der Waals surface area contributed by atoms with Crippen LogP contribution in [0.15, 0.2) is 0 Å². The van der Waals surface area contributed by atoms with Crippen molar-refractivity contribution >= 4 is 11.8 Å². The Morgan fingerprint density at radius 1 is 1.44 bits per heavy atom. The molecule has 1 saturated carbocycles. The minimum Gasteiger partial charge on any atom is -0.295 e. The standard InChI is InChI=1S/C11H15N3O2/c1-11(6-12,13-8-2-3-8)7-14-9(15)4-5-10(14)16/h8,13H,2-5,7H2,1H3. The van der Waals surface area contributed by atoms with Crippen molar-refractivity contribution in [3.05, 3.63) is 0 Å². The van der Waals surface area contributed by atoms with Gasteiger partial charge < -0.3 is 0 Å². The summed E-state index contributed by atoms with van der Waals surface area (Å²) >= 11 is 0. The molecule has 0 spiro atoms. The fourth-order valence-electron chi connectivity index (χ4n) is 1.91. The van der Waals surface area contributed by atoms with Gasteiger partial charge in [0.2, 0.25) is 11.8 Å².